The molecule has 18 heavy (non-hydrogen) atoms. The highest BCUT2D eigenvalue weighted by atomic mass is 79.9. The second-order valence-corrected chi connectivity index (χ2v) is 4.92. The lowest BCUT2D eigenvalue weighted by atomic mass is 10.2. The maximum absolute atomic E-state index is 11.8. The van der Waals surface area contributed by atoms with E-state index in [2.05, 4.69) is 26.6 Å². The average molecular weight is 311 g/mol. The van der Waals surface area contributed by atoms with Crippen LogP contribution in [0.4, 0.5) is 0 Å². The van der Waals surface area contributed by atoms with Gasteiger partial charge in [-0.25, -0.2) is 0 Å². The molecule has 0 bridgehead atoms. The Morgan fingerprint density at radius 1 is 1.33 bits per heavy atom. The Morgan fingerprint density at radius 3 is 2.94 bits per heavy atom. The van der Waals surface area contributed by atoms with Crippen LogP contribution >= 0.6 is 15.9 Å². The van der Waals surface area contributed by atoms with Crippen molar-refractivity contribution in [1.29, 1.82) is 0 Å². The average Bonchev–Trinajstić information content (AvgIpc) is 2.77. The summed E-state index contributed by atoms with van der Waals surface area (Å²) in [6.45, 7) is 1.52. The van der Waals surface area contributed by atoms with Crippen LogP contribution in [0.1, 0.15) is 17.0 Å². The second kappa shape index (κ2) is 6.02. The monoisotopic (exact) mass is 310 g/mol. The lowest BCUT2D eigenvalue weighted by Gasteiger charge is -2.01. The van der Waals surface area contributed by atoms with Crippen LogP contribution in [0.2, 0.25) is 0 Å². The summed E-state index contributed by atoms with van der Waals surface area (Å²) < 4.78 is 6.46. The second-order valence-electron chi connectivity index (χ2n) is 4.01. The van der Waals surface area contributed by atoms with Gasteiger partial charge in [0.15, 0.2) is 5.76 Å². The third kappa shape index (κ3) is 3.11. The van der Waals surface area contributed by atoms with Crippen LogP contribution < -0.4 is 10.6 Å². The van der Waals surface area contributed by atoms with Crippen molar-refractivity contribution in [3.8, 4) is 0 Å². The molecule has 4 nitrogen and oxygen atoms in total. The zero-order valence-electron chi connectivity index (χ0n) is 10.1. The number of hydrogen-bond acceptors (Lipinski definition) is 3. The Hall–Kier alpha value is -1.33. The van der Waals surface area contributed by atoms with Gasteiger partial charge in [-0.1, -0.05) is 15.9 Å². The molecule has 1 heterocycles. The summed E-state index contributed by atoms with van der Waals surface area (Å²) in [7, 11) is 1.89. The third-order valence-corrected chi connectivity index (χ3v) is 3.08. The Bertz CT molecular complexity index is 551. The molecule has 96 valence electrons. The van der Waals surface area contributed by atoms with Crippen molar-refractivity contribution in [3.63, 3.8) is 0 Å². The van der Waals surface area contributed by atoms with Crippen LogP contribution in [-0.4, -0.2) is 26.0 Å². The van der Waals surface area contributed by atoms with Gasteiger partial charge in [-0.2, -0.15) is 0 Å². The molecule has 2 rings (SSSR count). The van der Waals surface area contributed by atoms with Crippen molar-refractivity contribution in [2.24, 2.45) is 0 Å². The molecule has 0 fully saturated rings. The highest BCUT2D eigenvalue weighted by molar-refractivity contribution is 9.10. The number of halogens is 1. The molecule has 0 spiro atoms. The van der Waals surface area contributed by atoms with Crippen molar-refractivity contribution in [3.05, 3.63) is 34.5 Å². The molecule has 1 aromatic carbocycles. The Kier molecular flexibility index (Phi) is 4.38. The largest absolute Gasteiger partial charge is 0.451 e. The summed E-state index contributed by atoms with van der Waals surface area (Å²) in [5.41, 5.74) is 0.721. The van der Waals surface area contributed by atoms with E-state index in [1.54, 1.807) is 6.07 Å². The first-order valence-corrected chi connectivity index (χ1v) is 6.62. The van der Waals surface area contributed by atoms with Gasteiger partial charge in [-0.05, 0) is 44.3 Å². The van der Waals surface area contributed by atoms with Gasteiger partial charge in [0.05, 0.1) is 0 Å². The van der Waals surface area contributed by atoms with Gasteiger partial charge in [0.2, 0.25) is 0 Å². The fourth-order valence-electron chi connectivity index (χ4n) is 1.68. The Morgan fingerprint density at radius 2 is 2.17 bits per heavy atom. The zero-order chi connectivity index (χ0) is 13.0. The van der Waals surface area contributed by atoms with E-state index in [0.717, 1.165) is 28.4 Å². The van der Waals surface area contributed by atoms with Gasteiger partial charge in [0.25, 0.3) is 5.91 Å². The fraction of sp³-hybridized carbons (Fsp3) is 0.308. The van der Waals surface area contributed by atoms with Gasteiger partial charge in [-0.15, -0.1) is 0 Å². The number of benzene rings is 1. The first-order valence-electron chi connectivity index (χ1n) is 5.82. The number of fused-ring (bicyclic) bond motifs is 1. The molecule has 2 N–H and O–H groups in total. The Balaban J connectivity index is 2.04. The third-order valence-electron chi connectivity index (χ3n) is 2.59. The molecule has 1 aromatic heterocycles. The minimum absolute atomic E-state index is 0.168. The van der Waals surface area contributed by atoms with E-state index < -0.39 is 0 Å². The van der Waals surface area contributed by atoms with E-state index in [-0.39, 0.29) is 5.91 Å². The molecule has 0 atom stereocenters. The highest BCUT2D eigenvalue weighted by Crippen LogP contribution is 2.23. The zero-order valence-corrected chi connectivity index (χ0v) is 11.7. The molecule has 0 aliphatic heterocycles. The molecular formula is C13H15BrN2O2. The number of amides is 1. The van der Waals surface area contributed by atoms with Crippen molar-refractivity contribution < 1.29 is 9.21 Å². The predicted molar refractivity (Wildman–Crippen MR) is 74.8 cm³/mol. The number of hydrogen-bond donors (Lipinski definition) is 2. The highest BCUT2D eigenvalue weighted by Gasteiger charge is 2.11. The number of furan rings is 1. The maximum Gasteiger partial charge on any atom is 0.287 e. The van der Waals surface area contributed by atoms with Crippen molar-refractivity contribution in [1.82, 2.24) is 10.6 Å². The first-order chi connectivity index (χ1) is 8.70. The van der Waals surface area contributed by atoms with Gasteiger partial charge < -0.3 is 15.1 Å². The summed E-state index contributed by atoms with van der Waals surface area (Å²) in [5, 5.41) is 6.77. The van der Waals surface area contributed by atoms with Crippen molar-refractivity contribution in [2.45, 2.75) is 6.42 Å². The van der Waals surface area contributed by atoms with Crippen LogP contribution in [0.25, 0.3) is 11.0 Å². The lowest BCUT2D eigenvalue weighted by Crippen LogP contribution is -2.26. The van der Waals surface area contributed by atoms with E-state index in [0.29, 0.717) is 12.3 Å². The minimum atomic E-state index is -0.168. The summed E-state index contributed by atoms with van der Waals surface area (Å²) in [5.74, 6) is 0.186. The Labute approximate surface area is 114 Å². The SMILES string of the molecule is CNCCCNC(=O)c1cc2cc(Br)ccc2o1. The van der Waals surface area contributed by atoms with Crippen LogP contribution in [0.15, 0.2) is 33.2 Å². The lowest BCUT2D eigenvalue weighted by molar-refractivity contribution is 0.0928. The van der Waals surface area contributed by atoms with Crippen LogP contribution in [0, 0.1) is 0 Å². The van der Waals surface area contributed by atoms with E-state index >= 15 is 0 Å². The normalized spacial score (nSPS) is 10.8. The molecule has 0 radical (unpaired) electrons. The van der Waals surface area contributed by atoms with Crippen LogP contribution in [-0.2, 0) is 0 Å². The number of carbonyl (C=O) groups is 1. The maximum atomic E-state index is 11.8. The van der Waals surface area contributed by atoms with Crippen LogP contribution in [0.3, 0.4) is 0 Å². The molecule has 2 aromatic rings. The van der Waals surface area contributed by atoms with E-state index in [9.17, 15) is 4.79 Å². The molecule has 5 heteroatoms. The fourth-order valence-corrected chi connectivity index (χ4v) is 2.06. The quantitative estimate of drug-likeness (QED) is 0.834. The molecule has 0 aliphatic rings. The number of carbonyl (C=O) groups excluding carboxylic acids is 1. The smallest absolute Gasteiger partial charge is 0.287 e. The van der Waals surface area contributed by atoms with Crippen molar-refractivity contribution in [2.75, 3.05) is 20.1 Å². The standard InChI is InChI=1S/C13H15BrN2O2/c1-15-5-2-6-16-13(17)12-8-9-7-10(14)3-4-11(9)18-12/h3-4,7-8,15H,2,5-6H2,1H3,(H,16,17). The van der Waals surface area contributed by atoms with E-state index in [4.69, 9.17) is 4.42 Å². The topological polar surface area (TPSA) is 54.3 Å². The summed E-state index contributed by atoms with van der Waals surface area (Å²) in [6, 6.07) is 7.42. The molecule has 0 aliphatic carbocycles. The van der Waals surface area contributed by atoms with Gasteiger partial charge >= 0.3 is 0 Å². The van der Waals surface area contributed by atoms with Gasteiger partial charge in [0.1, 0.15) is 5.58 Å². The molecular weight excluding hydrogens is 296 g/mol. The van der Waals surface area contributed by atoms with E-state index in [1.807, 2.05) is 25.2 Å². The first kappa shape index (κ1) is 13.1. The molecule has 0 unspecified atom stereocenters. The molecule has 0 saturated carbocycles. The summed E-state index contributed by atoms with van der Waals surface area (Å²) in [6.07, 6.45) is 0.897. The van der Waals surface area contributed by atoms with E-state index in [1.165, 1.54) is 0 Å². The number of nitrogens with one attached hydrogen (secondary N) is 2. The summed E-state index contributed by atoms with van der Waals surface area (Å²) >= 11 is 3.39. The van der Waals surface area contributed by atoms with Gasteiger partial charge in [0, 0.05) is 16.4 Å². The molecule has 1 amide bonds. The van der Waals surface area contributed by atoms with Gasteiger partial charge in [-0.3, -0.25) is 4.79 Å². The minimum Gasteiger partial charge on any atom is -0.451 e. The predicted octanol–water partition coefficient (Wildman–Crippen LogP) is 2.53. The van der Waals surface area contributed by atoms with Crippen LogP contribution in [0.5, 0.6) is 0 Å². The number of rotatable bonds is 5. The molecule has 0 saturated heterocycles. The van der Waals surface area contributed by atoms with Crippen molar-refractivity contribution >= 4 is 32.8 Å². The summed E-state index contributed by atoms with van der Waals surface area (Å²) in [4.78, 5) is 11.8.